The van der Waals surface area contributed by atoms with Crippen molar-refractivity contribution in [2.75, 3.05) is 25.0 Å². The van der Waals surface area contributed by atoms with E-state index in [2.05, 4.69) is 15.3 Å². The molecule has 7 nitrogen and oxygen atoms in total. The fraction of sp³-hybridized carbons (Fsp3) is 0.368. The molecule has 2 aliphatic rings. The molecule has 2 heterocycles. The average Bonchev–Trinajstić information content (AvgIpc) is 3.27. The van der Waals surface area contributed by atoms with Gasteiger partial charge in [-0.2, -0.15) is 13.2 Å². The van der Waals surface area contributed by atoms with E-state index in [1.807, 2.05) is 0 Å². The number of alkyl halides is 3. The third-order valence-electron chi connectivity index (χ3n) is 5.49. The van der Waals surface area contributed by atoms with E-state index in [1.54, 1.807) is 0 Å². The zero-order valence-corrected chi connectivity index (χ0v) is 15.1. The van der Waals surface area contributed by atoms with E-state index < -0.39 is 23.6 Å². The monoisotopic (exact) mass is 406 g/mol. The van der Waals surface area contributed by atoms with E-state index in [4.69, 9.17) is 0 Å². The minimum atomic E-state index is -4.69. The summed E-state index contributed by atoms with van der Waals surface area (Å²) in [5.74, 6) is -1.10. The number of anilines is 1. The highest BCUT2D eigenvalue weighted by molar-refractivity contribution is 6.04. The Bertz CT molecular complexity index is 963. The number of amides is 2. The number of aliphatic hydroxyl groups is 1. The van der Waals surface area contributed by atoms with E-state index in [0.29, 0.717) is 13.1 Å². The first-order valence-electron chi connectivity index (χ1n) is 8.92. The van der Waals surface area contributed by atoms with Gasteiger partial charge in [0.15, 0.2) is 0 Å². The Kier molecular flexibility index (Phi) is 4.53. The summed E-state index contributed by atoms with van der Waals surface area (Å²) < 4.78 is 40.0. The van der Waals surface area contributed by atoms with Crippen LogP contribution < -0.4 is 5.32 Å². The van der Waals surface area contributed by atoms with Crippen molar-refractivity contribution in [1.29, 1.82) is 0 Å². The molecule has 0 spiro atoms. The predicted molar refractivity (Wildman–Crippen MR) is 95.0 cm³/mol. The molecule has 0 unspecified atom stereocenters. The van der Waals surface area contributed by atoms with Crippen LogP contribution in [-0.4, -0.2) is 51.5 Å². The van der Waals surface area contributed by atoms with E-state index in [9.17, 15) is 27.9 Å². The number of hydrogen-bond donors (Lipinski definition) is 2. The number of hydrogen-bond acceptors (Lipinski definition) is 5. The van der Waals surface area contributed by atoms with Crippen LogP contribution in [0.5, 0.6) is 0 Å². The first-order valence-corrected chi connectivity index (χ1v) is 8.92. The number of fused-ring (bicyclic) bond motifs is 1. The number of likely N-dealkylation sites (tertiary alicyclic amines) is 1. The van der Waals surface area contributed by atoms with Crippen LogP contribution in [0.15, 0.2) is 36.8 Å². The maximum Gasteiger partial charge on any atom is 0.416 e. The second-order valence-electron chi connectivity index (χ2n) is 7.45. The molecule has 2 aromatic rings. The van der Waals surface area contributed by atoms with Gasteiger partial charge in [-0.15, -0.1) is 0 Å². The highest BCUT2D eigenvalue weighted by atomic mass is 19.4. The fourth-order valence-corrected chi connectivity index (χ4v) is 3.78. The number of nitrogens with one attached hydrogen (secondary N) is 1. The second kappa shape index (κ2) is 6.80. The SMILES string of the molecule is O=C(Nc1cc(C(=O)N2C[C@H]3C[C@@]3(CO)C2)cc(C(F)(F)F)c1)c1ccncn1. The Morgan fingerprint density at radius 3 is 2.72 bits per heavy atom. The van der Waals surface area contributed by atoms with Gasteiger partial charge < -0.3 is 15.3 Å². The average molecular weight is 406 g/mol. The summed E-state index contributed by atoms with van der Waals surface area (Å²) in [6.45, 7) is 0.661. The molecule has 10 heteroatoms. The number of halogens is 3. The molecule has 1 saturated heterocycles. The van der Waals surface area contributed by atoms with Crippen LogP contribution in [0.1, 0.15) is 32.8 Å². The number of nitrogens with zero attached hydrogens (tertiary/aromatic N) is 3. The van der Waals surface area contributed by atoms with Gasteiger partial charge >= 0.3 is 6.18 Å². The number of rotatable bonds is 4. The van der Waals surface area contributed by atoms with Gasteiger partial charge in [0.25, 0.3) is 11.8 Å². The maximum atomic E-state index is 13.3. The zero-order valence-electron chi connectivity index (χ0n) is 15.1. The van der Waals surface area contributed by atoms with Crippen LogP contribution in [0.3, 0.4) is 0 Å². The molecule has 0 radical (unpaired) electrons. The molecular weight excluding hydrogens is 389 g/mol. The highest BCUT2D eigenvalue weighted by Crippen LogP contribution is 2.57. The summed E-state index contributed by atoms with van der Waals surface area (Å²) >= 11 is 0. The number of piperidine rings is 1. The van der Waals surface area contributed by atoms with Gasteiger partial charge in [0, 0.05) is 36.0 Å². The van der Waals surface area contributed by atoms with Crippen molar-refractivity contribution in [3.05, 3.63) is 53.6 Å². The van der Waals surface area contributed by atoms with Gasteiger partial charge in [0.1, 0.15) is 12.0 Å². The maximum absolute atomic E-state index is 13.3. The number of carbonyl (C=O) groups excluding carboxylic acids is 2. The van der Waals surface area contributed by atoms with Crippen molar-refractivity contribution in [2.24, 2.45) is 11.3 Å². The fourth-order valence-electron chi connectivity index (χ4n) is 3.78. The molecule has 1 aromatic carbocycles. The van der Waals surface area contributed by atoms with Crippen LogP contribution in [0.4, 0.5) is 18.9 Å². The minimum absolute atomic E-state index is 0.0187. The summed E-state index contributed by atoms with van der Waals surface area (Å²) in [4.78, 5) is 33.9. The van der Waals surface area contributed by atoms with Gasteiger partial charge in [-0.3, -0.25) is 9.59 Å². The quantitative estimate of drug-likeness (QED) is 0.812. The van der Waals surface area contributed by atoms with Gasteiger partial charge in [0.2, 0.25) is 0 Å². The number of aliphatic hydroxyl groups excluding tert-OH is 1. The van der Waals surface area contributed by atoms with Crippen molar-refractivity contribution in [3.63, 3.8) is 0 Å². The van der Waals surface area contributed by atoms with E-state index >= 15 is 0 Å². The lowest BCUT2D eigenvalue weighted by Crippen LogP contribution is -2.33. The summed E-state index contributed by atoms with van der Waals surface area (Å²) in [6, 6.07) is 4.08. The molecule has 152 valence electrons. The minimum Gasteiger partial charge on any atom is -0.396 e. The lowest BCUT2D eigenvalue weighted by Gasteiger charge is -2.21. The lowest BCUT2D eigenvalue weighted by atomic mass is 10.1. The van der Waals surface area contributed by atoms with Gasteiger partial charge in [0.05, 0.1) is 12.2 Å². The van der Waals surface area contributed by atoms with Crippen LogP contribution in [0.2, 0.25) is 0 Å². The van der Waals surface area contributed by atoms with Crippen LogP contribution >= 0.6 is 0 Å². The van der Waals surface area contributed by atoms with Crippen LogP contribution in [0.25, 0.3) is 0 Å². The normalized spacial score (nSPS) is 22.9. The summed E-state index contributed by atoms with van der Waals surface area (Å²) in [5.41, 5.74) is -1.71. The molecule has 0 bridgehead atoms. The molecule has 2 atom stereocenters. The highest BCUT2D eigenvalue weighted by Gasteiger charge is 2.60. The molecule has 2 fully saturated rings. The van der Waals surface area contributed by atoms with Crippen LogP contribution in [-0.2, 0) is 6.18 Å². The molecule has 4 rings (SSSR count). The molecule has 1 aliphatic heterocycles. The Balaban J connectivity index is 1.61. The molecular formula is C19H17F3N4O3. The molecule has 1 aromatic heterocycles. The number of aromatic nitrogens is 2. The standard InChI is InChI=1S/C19H17F3N4O3/c20-19(21,22)12-3-11(17(29)26-7-13-6-18(13,8-26)9-27)4-14(5-12)25-16(28)15-1-2-23-10-24-15/h1-5,10,13,27H,6-9H2,(H,25,28)/t13-,18+/m1/s1. The van der Waals surface area contributed by atoms with E-state index in [-0.39, 0.29) is 34.9 Å². The van der Waals surface area contributed by atoms with E-state index in [0.717, 1.165) is 24.9 Å². The Labute approximate surface area is 163 Å². The summed E-state index contributed by atoms with van der Waals surface area (Å²) in [5, 5.41) is 11.8. The van der Waals surface area contributed by atoms with Crippen molar-refractivity contribution >= 4 is 17.5 Å². The summed E-state index contributed by atoms with van der Waals surface area (Å²) in [7, 11) is 0. The molecule has 2 amide bonds. The van der Waals surface area contributed by atoms with Gasteiger partial charge in [-0.1, -0.05) is 0 Å². The second-order valence-corrected chi connectivity index (χ2v) is 7.45. The summed E-state index contributed by atoms with van der Waals surface area (Å²) in [6.07, 6.45) is -1.40. The van der Waals surface area contributed by atoms with Gasteiger partial charge in [-0.25, -0.2) is 9.97 Å². The number of carbonyl (C=O) groups is 2. The zero-order chi connectivity index (χ0) is 20.8. The molecule has 29 heavy (non-hydrogen) atoms. The van der Waals surface area contributed by atoms with Crippen molar-refractivity contribution in [2.45, 2.75) is 12.6 Å². The lowest BCUT2D eigenvalue weighted by molar-refractivity contribution is -0.137. The smallest absolute Gasteiger partial charge is 0.396 e. The number of benzene rings is 1. The Hall–Kier alpha value is -3.01. The Morgan fingerprint density at radius 2 is 2.10 bits per heavy atom. The predicted octanol–water partition coefficient (Wildman–Crippen LogP) is 2.20. The first-order chi connectivity index (χ1) is 13.7. The third kappa shape index (κ3) is 3.67. The third-order valence-corrected chi connectivity index (χ3v) is 5.49. The first kappa shape index (κ1) is 19.3. The van der Waals surface area contributed by atoms with Crippen molar-refractivity contribution < 1.29 is 27.9 Å². The van der Waals surface area contributed by atoms with Crippen molar-refractivity contribution in [1.82, 2.24) is 14.9 Å². The molecule has 1 aliphatic carbocycles. The van der Waals surface area contributed by atoms with Crippen LogP contribution in [0, 0.1) is 11.3 Å². The Morgan fingerprint density at radius 1 is 1.31 bits per heavy atom. The van der Waals surface area contributed by atoms with E-state index in [1.165, 1.54) is 23.2 Å². The van der Waals surface area contributed by atoms with Gasteiger partial charge in [-0.05, 0) is 36.6 Å². The largest absolute Gasteiger partial charge is 0.416 e. The topological polar surface area (TPSA) is 95.4 Å². The van der Waals surface area contributed by atoms with Crippen molar-refractivity contribution in [3.8, 4) is 0 Å². The molecule has 1 saturated carbocycles. The molecule has 2 N–H and O–H groups in total.